The number of benzene rings is 1. The standard InChI is InChI=1S/C11H11ClIN3S/c1-14-5-4-10-15-16-11(17-10)8-6-7(12)2-3-9(8)13/h2-3,6,14H,4-5H2,1H3. The average molecular weight is 380 g/mol. The van der Waals surface area contributed by atoms with Crippen LogP contribution in [0.25, 0.3) is 10.6 Å². The molecule has 1 aromatic heterocycles. The Morgan fingerprint density at radius 3 is 3.00 bits per heavy atom. The first-order chi connectivity index (χ1) is 8.20. The van der Waals surface area contributed by atoms with Gasteiger partial charge in [-0.05, 0) is 47.8 Å². The van der Waals surface area contributed by atoms with Crippen molar-refractivity contribution in [1.29, 1.82) is 0 Å². The number of likely N-dealkylation sites (N-methyl/N-ethyl adjacent to an activating group) is 1. The second-order valence-corrected chi connectivity index (χ2v) is 6.14. The van der Waals surface area contributed by atoms with Crippen LogP contribution in [0.5, 0.6) is 0 Å². The number of nitrogens with one attached hydrogen (secondary N) is 1. The molecule has 1 aromatic carbocycles. The first-order valence-electron chi connectivity index (χ1n) is 5.13. The lowest BCUT2D eigenvalue weighted by Gasteiger charge is -1.99. The number of rotatable bonds is 4. The molecule has 90 valence electrons. The predicted molar refractivity (Wildman–Crippen MR) is 80.7 cm³/mol. The summed E-state index contributed by atoms with van der Waals surface area (Å²) in [6.45, 7) is 0.918. The Morgan fingerprint density at radius 2 is 2.24 bits per heavy atom. The molecule has 0 aliphatic rings. The van der Waals surface area contributed by atoms with E-state index >= 15 is 0 Å². The Kier molecular flexibility index (Phi) is 4.72. The van der Waals surface area contributed by atoms with Gasteiger partial charge in [0, 0.05) is 27.1 Å². The van der Waals surface area contributed by atoms with Gasteiger partial charge >= 0.3 is 0 Å². The number of halogens is 2. The molecule has 2 rings (SSSR count). The molecule has 0 saturated heterocycles. The Labute approximate surface area is 123 Å². The van der Waals surface area contributed by atoms with Crippen LogP contribution in [0.3, 0.4) is 0 Å². The zero-order valence-corrected chi connectivity index (χ0v) is 12.9. The second-order valence-electron chi connectivity index (χ2n) is 3.48. The normalized spacial score (nSPS) is 10.8. The molecular weight excluding hydrogens is 369 g/mol. The van der Waals surface area contributed by atoms with Crippen molar-refractivity contribution in [3.05, 3.63) is 31.8 Å². The first-order valence-corrected chi connectivity index (χ1v) is 7.40. The molecule has 0 unspecified atom stereocenters. The van der Waals surface area contributed by atoms with Gasteiger partial charge in [-0.15, -0.1) is 10.2 Å². The Balaban J connectivity index is 2.27. The molecule has 3 nitrogen and oxygen atoms in total. The van der Waals surface area contributed by atoms with Gasteiger partial charge in [0.1, 0.15) is 10.0 Å². The van der Waals surface area contributed by atoms with Gasteiger partial charge in [0.25, 0.3) is 0 Å². The summed E-state index contributed by atoms with van der Waals surface area (Å²) in [6, 6.07) is 5.81. The van der Waals surface area contributed by atoms with Crippen LogP contribution in [-0.4, -0.2) is 23.8 Å². The number of aromatic nitrogens is 2. The van der Waals surface area contributed by atoms with Gasteiger partial charge in [-0.1, -0.05) is 22.9 Å². The molecule has 0 atom stereocenters. The smallest absolute Gasteiger partial charge is 0.148 e. The van der Waals surface area contributed by atoms with Crippen LogP contribution >= 0.6 is 45.5 Å². The van der Waals surface area contributed by atoms with Gasteiger partial charge in [0.05, 0.1) is 0 Å². The molecular formula is C11H11ClIN3S. The summed E-state index contributed by atoms with van der Waals surface area (Å²) in [4.78, 5) is 0. The van der Waals surface area contributed by atoms with E-state index in [2.05, 4.69) is 38.1 Å². The molecule has 0 saturated carbocycles. The fourth-order valence-electron chi connectivity index (χ4n) is 1.36. The monoisotopic (exact) mass is 379 g/mol. The van der Waals surface area contributed by atoms with E-state index < -0.39 is 0 Å². The van der Waals surface area contributed by atoms with Crippen LogP contribution in [0, 0.1) is 3.57 Å². The minimum atomic E-state index is 0.729. The van der Waals surface area contributed by atoms with Crippen molar-refractivity contribution in [2.24, 2.45) is 0 Å². The molecule has 17 heavy (non-hydrogen) atoms. The van der Waals surface area contributed by atoms with Crippen molar-refractivity contribution >= 4 is 45.5 Å². The van der Waals surface area contributed by atoms with E-state index in [0.29, 0.717) is 0 Å². The third-order valence-electron chi connectivity index (χ3n) is 2.21. The average Bonchev–Trinajstić information content (AvgIpc) is 2.78. The van der Waals surface area contributed by atoms with Crippen LogP contribution in [0.4, 0.5) is 0 Å². The third-order valence-corrected chi connectivity index (χ3v) is 4.41. The Bertz CT molecular complexity index is 515. The fourth-order valence-corrected chi connectivity index (χ4v) is 3.17. The molecule has 6 heteroatoms. The molecule has 0 amide bonds. The van der Waals surface area contributed by atoms with E-state index in [0.717, 1.165) is 37.1 Å². The largest absolute Gasteiger partial charge is 0.319 e. The molecule has 0 radical (unpaired) electrons. The zero-order valence-electron chi connectivity index (χ0n) is 9.20. The van der Waals surface area contributed by atoms with E-state index in [-0.39, 0.29) is 0 Å². The predicted octanol–water partition coefficient (Wildman–Crippen LogP) is 3.23. The van der Waals surface area contributed by atoms with Gasteiger partial charge in [-0.25, -0.2) is 0 Å². The van der Waals surface area contributed by atoms with Crippen molar-refractivity contribution in [3.63, 3.8) is 0 Å². The Hall–Kier alpha value is -0.240. The lowest BCUT2D eigenvalue weighted by Crippen LogP contribution is -2.09. The summed E-state index contributed by atoms with van der Waals surface area (Å²) in [5.41, 5.74) is 1.06. The van der Waals surface area contributed by atoms with Crippen LogP contribution in [0.15, 0.2) is 18.2 Å². The van der Waals surface area contributed by atoms with Crippen molar-refractivity contribution in [3.8, 4) is 10.6 Å². The van der Waals surface area contributed by atoms with Crippen molar-refractivity contribution in [2.75, 3.05) is 13.6 Å². The van der Waals surface area contributed by atoms with E-state index in [1.165, 1.54) is 0 Å². The maximum absolute atomic E-state index is 6.00. The van der Waals surface area contributed by atoms with Crippen molar-refractivity contribution < 1.29 is 0 Å². The molecule has 1 N–H and O–H groups in total. The van der Waals surface area contributed by atoms with Gasteiger partial charge < -0.3 is 5.32 Å². The summed E-state index contributed by atoms with van der Waals surface area (Å²) in [7, 11) is 1.93. The van der Waals surface area contributed by atoms with Crippen molar-refractivity contribution in [1.82, 2.24) is 15.5 Å². The fraction of sp³-hybridized carbons (Fsp3) is 0.273. The summed E-state index contributed by atoms with van der Waals surface area (Å²) in [6.07, 6.45) is 0.908. The quantitative estimate of drug-likeness (QED) is 0.829. The van der Waals surface area contributed by atoms with Gasteiger partial charge in [-0.3, -0.25) is 0 Å². The molecule has 0 aliphatic heterocycles. The highest BCUT2D eigenvalue weighted by atomic mass is 127. The number of nitrogens with zero attached hydrogens (tertiary/aromatic N) is 2. The third kappa shape index (κ3) is 3.37. The van der Waals surface area contributed by atoms with Gasteiger partial charge in [0.15, 0.2) is 0 Å². The Morgan fingerprint density at radius 1 is 1.41 bits per heavy atom. The van der Waals surface area contributed by atoms with Crippen LogP contribution in [0.1, 0.15) is 5.01 Å². The summed E-state index contributed by atoms with van der Waals surface area (Å²) >= 11 is 9.91. The lowest BCUT2D eigenvalue weighted by atomic mass is 10.2. The molecule has 2 aromatic rings. The van der Waals surface area contributed by atoms with E-state index in [9.17, 15) is 0 Å². The lowest BCUT2D eigenvalue weighted by molar-refractivity contribution is 0.779. The molecule has 0 aliphatic carbocycles. The van der Waals surface area contributed by atoms with Crippen molar-refractivity contribution in [2.45, 2.75) is 6.42 Å². The van der Waals surface area contributed by atoms with E-state index in [1.54, 1.807) is 11.3 Å². The highest BCUT2D eigenvalue weighted by Gasteiger charge is 2.10. The highest BCUT2D eigenvalue weighted by molar-refractivity contribution is 14.1. The second kappa shape index (κ2) is 6.08. The van der Waals surface area contributed by atoms with Crippen LogP contribution in [-0.2, 0) is 6.42 Å². The topological polar surface area (TPSA) is 37.8 Å². The maximum atomic E-state index is 6.00. The van der Waals surface area contributed by atoms with E-state index in [4.69, 9.17) is 11.6 Å². The van der Waals surface area contributed by atoms with Crippen LogP contribution < -0.4 is 5.32 Å². The molecule has 1 heterocycles. The molecule has 0 fully saturated rings. The zero-order chi connectivity index (χ0) is 12.3. The summed E-state index contributed by atoms with van der Waals surface area (Å²) < 4.78 is 1.14. The SMILES string of the molecule is CNCCc1nnc(-c2cc(Cl)ccc2I)s1. The van der Waals surface area contributed by atoms with Gasteiger partial charge in [0.2, 0.25) is 0 Å². The molecule has 0 spiro atoms. The number of hydrogen-bond acceptors (Lipinski definition) is 4. The number of hydrogen-bond donors (Lipinski definition) is 1. The summed E-state index contributed by atoms with van der Waals surface area (Å²) in [5, 5.41) is 14.2. The first kappa shape index (κ1) is 13.2. The van der Waals surface area contributed by atoms with Crippen LogP contribution in [0.2, 0.25) is 5.02 Å². The highest BCUT2D eigenvalue weighted by Crippen LogP contribution is 2.30. The maximum Gasteiger partial charge on any atom is 0.148 e. The minimum absolute atomic E-state index is 0.729. The van der Waals surface area contributed by atoms with Gasteiger partial charge in [-0.2, -0.15) is 0 Å². The minimum Gasteiger partial charge on any atom is -0.319 e. The van der Waals surface area contributed by atoms with E-state index in [1.807, 2.05) is 25.2 Å². The summed E-state index contributed by atoms with van der Waals surface area (Å²) in [5.74, 6) is 0. The molecule has 0 bridgehead atoms.